The maximum Gasteiger partial charge on any atom is 0.417 e. The molecule has 0 bridgehead atoms. The highest BCUT2D eigenvalue weighted by molar-refractivity contribution is 6.31. The van der Waals surface area contributed by atoms with Crippen molar-refractivity contribution in [1.82, 2.24) is 9.78 Å². The standard InChI is InChI=1S/C19H13ClF6N4O2/c20-12-4-3-9(6-11(12)18(21,22)23)28-17(31)10-8-27-30-15(19(24,25)26)7-13(29-16(10)30)14-2-1-5-32-14/h1-6,8,13,15,29H,7H2,(H,28,31)/t13-,15+/m0/s1. The van der Waals surface area contributed by atoms with Gasteiger partial charge in [-0.3, -0.25) is 4.79 Å². The van der Waals surface area contributed by atoms with E-state index in [9.17, 15) is 31.1 Å². The molecular formula is C19H13ClF6N4O2. The first-order valence-electron chi connectivity index (χ1n) is 9.07. The molecule has 2 atom stereocenters. The van der Waals surface area contributed by atoms with Gasteiger partial charge in [0.05, 0.1) is 29.1 Å². The Balaban J connectivity index is 1.67. The monoisotopic (exact) mass is 478 g/mol. The lowest BCUT2D eigenvalue weighted by atomic mass is 10.0. The summed E-state index contributed by atoms with van der Waals surface area (Å²) in [6, 6.07) is 2.79. The molecule has 4 rings (SSSR count). The van der Waals surface area contributed by atoms with Crippen LogP contribution in [0.1, 0.15) is 40.2 Å². The Morgan fingerprint density at radius 1 is 1.22 bits per heavy atom. The average molecular weight is 479 g/mol. The van der Waals surface area contributed by atoms with Crippen LogP contribution in [0.4, 0.5) is 37.8 Å². The zero-order valence-electron chi connectivity index (χ0n) is 15.8. The molecule has 6 nitrogen and oxygen atoms in total. The number of anilines is 2. The van der Waals surface area contributed by atoms with Crippen molar-refractivity contribution in [1.29, 1.82) is 0 Å². The molecule has 1 aromatic carbocycles. The number of benzene rings is 1. The molecule has 170 valence electrons. The fraction of sp³-hybridized carbons (Fsp3) is 0.263. The van der Waals surface area contributed by atoms with Gasteiger partial charge in [-0.15, -0.1) is 0 Å². The van der Waals surface area contributed by atoms with E-state index in [0.717, 1.165) is 18.3 Å². The Morgan fingerprint density at radius 3 is 2.59 bits per heavy atom. The lowest BCUT2D eigenvalue weighted by Crippen LogP contribution is -2.36. The van der Waals surface area contributed by atoms with Crippen molar-refractivity contribution in [3.63, 3.8) is 0 Å². The fourth-order valence-electron chi connectivity index (χ4n) is 3.42. The highest BCUT2D eigenvalue weighted by Crippen LogP contribution is 2.44. The van der Waals surface area contributed by atoms with Crippen LogP contribution in [0.3, 0.4) is 0 Å². The van der Waals surface area contributed by atoms with Crippen molar-refractivity contribution in [2.75, 3.05) is 10.6 Å². The number of halogens is 7. The molecule has 0 radical (unpaired) electrons. The van der Waals surface area contributed by atoms with Gasteiger partial charge in [0.15, 0.2) is 6.04 Å². The Bertz CT molecular complexity index is 1140. The maximum atomic E-state index is 13.6. The third kappa shape index (κ3) is 4.14. The van der Waals surface area contributed by atoms with Gasteiger partial charge in [-0.2, -0.15) is 31.4 Å². The summed E-state index contributed by atoms with van der Waals surface area (Å²) in [7, 11) is 0. The molecule has 0 fully saturated rings. The number of hydrogen-bond acceptors (Lipinski definition) is 4. The molecular weight excluding hydrogens is 466 g/mol. The van der Waals surface area contributed by atoms with E-state index in [1.165, 1.54) is 18.4 Å². The number of fused-ring (bicyclic) bond motifs is 1. The first-order chi connectivity index (χ1) is 14.9. The van der Waals surface area contributed by atoms with Crippen molar-refractivity contribution >= 4 is 29.0 Å². The molecule has 0 aliphatic carbocycles. The number of aromatic nitrogens is 2. The zero-order valence-corrected chi connectivity index (χ0v) is 16.5. The molecule has 0 spiro atoms. The quantitative estimate of drug-likeness (QED) is 0.449. The van der Waals surface area contributed by atoms with Crippen molar-refractivity contribution in [2.24, 2.45) is 0 Å². The lowest BCUT2D eigenvalue weighted by Gasteiger charge is -2.32. The summed E-state index contributed by atoms with van der Waals surface area (Å²) < 4.78 is 86.0. The molecule has 13 heteroatoms. The van der Waals surface area contributed by atoms with Gasteiger partial charge >= 0.3 is 12.4 Å². The van der Waals surface area contributed by atoms with Crippen molar-refractivity contribution in [3.8, 4) is 0 Å². The summed E-state index contributed by atoms with van der Waals surface area (Å²) in [5.41, 5.74) is -1.68. The third-order valence-corrected chi connectivity index (χ3v) is 5.23. The minimum Gasteiger partial charge on any atom is -0.467 e. The van der Waals surface area contributed by atoms with E-state index in [-0.39, 0.29) is 22.8 Å². The van der Waals surface area contributed by atoms with Gasteiger partial charge in [0.2, 0.25) is 0 Å². The zero-order chi connectivity index (χ0) is 23.3. The minimum absolute atomic E-state index is 0.227. The average Bonchev–Trinajstić information content (AvgIpc) is 3.36. The number of hydrogen-bond donors (Lipinski definition) is 2. The fourth-order valence-corrected chi connectivity index (χ4v) is 3.65. The van der Waals surface area contributed by atoms with Gasteiger partial charge < -0.3 is 15.1 Å². The number of carbonyl (C=O) groups is 1. The van der Waals surface area contributed by atoms with Gasteiger partial charge in [-0.1, -0.05) is 11.6 Å². The Labute approximate surface area is 181 Å². The van der Waals surface area contributed by atoms with Crippen LogP contribution in [-0.2, 0) is 6.18 Å². The SMILES string of the molecule is O=C(Nc1ccc(Cl)c(C(F)(F)F)c1)c1cnn2c1N[C@H](c1ccco1)C[C@@H]2C(F)(F)F. The number of nitrogens with zero attached hydrogens (tertiary/aromatic N) is 2. The van der Waals surface area contributed by atoms with Crippen LogP contribution in [0.5, 0.6) is 0 Å². The van der Waals surface area contributed by atoms with Crippen molar-refractivity contribution in [3.05, 3.63) is 64.7 Å². The molecule has 1 aliphatic rings. The number of amides is 1. The summed E-state index contributed by atoms with van der Waals surface area (Å²) in [5.74, 6) is -0.955. The Kier molecular flexibility index (Phi) is 5.35. The largest absolute Gasteiger partial charge is 0.467 e. The topological polar surface area (TPSA) is 72.1 Å². The number of alkyl halides is 6. The molecule has 3 heterocycles. The van der Waals surface area contributed by atoms with Gasteiger partial charge in [-0.25, -0.2) is 4.68 Å². The molecule has 2 aromatic heterocycles. The summed E-state index contributed by atoms with van der Waals surface area (Å²) in [5, 5.41) is 8.18. The van der Waals surface area contributed by atoms with Gasteiger partial charge in [0.1, 0.15) is 17.1 Å². The van der Waals surface area contributed by atoms with Crippen LogP contribution in [0, 0.1) is 0 Å². The number of rotatable bonds is 3. The van der Waals surface area contributed by atoms with E-state index in [0.29, 0.717) is 10.7 Å². The second-order valence-electron chi connectivity index (χ2n) is 7.00. The Hall–Kier alpha value is -3.15. The summed E-state index contributed by atoms with van der Waals surface area (Å²) in [6.45, 7) is 0. The van der Waals surface area contributed by atoms with Crippen LogP contribution in [0.15, 0.2) is 47.2 Å². The molecule has 2 N–H and O–H groups in total. The van der Waals surface area contributed by atoms with Gasteiger partial charge in [0, 0.05) is 12.1 Å². The van der Waals surface area contributed by atoms with Crippen LogP contribution in [-0.4, -0.2) is 21.9 Å². The van der Waals surface area contributed by atoms with E-state index < -0.39 is 47.4 Å². The van der Waals surface area contributed by atoms with Crippen molar-refractivity contribution in [2.45, 2.75) is 30.9 Å². The van der Waals surface area contributed by atoms with E-state index in [1.54, 1.807) is 0 Å². The second kappa shape index (κ2) is 7.76. The smallest absolute Gasteiger partial charge is 0.417 e. The first-order valence-corrected chi connectivity index (χ1v) is 9.45. The third-order valence-electron chi connectivity index (χ3n) is 4.90. The predicted molar refractivity (Wildman–Crippen MR) is 101 cm³/mol. The van der Waals surface area contributed by atoms with E-state index in [4.69, 9.17) is 16.0 Å². The molecule has 32 heavy (non-hydrogen) atoms. The molecule has 0 unspecified atom stereocenters. The number of furan rings is 1. The highest BCUT2D eigenvalue weighted by Gasteiger charge is 2.47. The van der Waals surface area contributed by atoms with Crippen LogP contribution in [0.25, 0.3) is 0 Å². The summed E-state index contributed by atoms with van der Waals surface area (Å²) in [6.07, 6.45) is -7.63. The van der Waals surface area contributed by atoms with Crippen LogP contribution in [0.2, 0.25) is 5.02 Å². The van der Waals surface area contributed by atoms with Crippen molar-refractivity contribution < 1.29 is 35.6 Å². The lowest BCUT2D eigenvalue weighted by molar-refractivity contribution is -0.174. The summed E-state index contributed by atoms with van der Waals surface area (Å²) in [4.78, 5) is 12.7. The van der Waals surface area contributed by atoms with E-state index in [2.05, 4.69) is 15.7 Å². The van der Waals surface area contributed by atoms with Crippen LogP contribution >= 0.6 is 11.6 Å². The van der Waals surface area contributed by atoms with E-state index >= 15 is 0 Å². The molecule has 1 amide bonds. The second-order valence-corrected chi connectivity index (χ2v) is 7.41. The molecule has 0 saturated heterocycles. The molecule has 0 saturated carbocycles. The van der Waals surface area contributed by atoms with Gasteiger partial charge in [0.25, 0.3) is 5.91 Å². The minimum atomic E-state index is -4.76. The molecule has 1 aliphatic heterocycles. The number of nitrogens with one attached hydrogen (secondary N) is 2. The number of carbonyl (C=O) groups excluding carboxylic acids is 1. The normalized spacial score (nSPS) is 18.7. The Morgan fingerprint density at radius 2 is 1.97 bits per heavy atom. The predicted octanol–water partition coefficient (Wildman–Crippen LogP) is 6.06. The summed E-state index contributed by atoms with van der Waals surface area (Å²) >= 11 is 5.56. The maximum absolute atomic E-state index is 13.6. The van der Waals surface area contributed by atoms with Gasteiger partial charge in [-0.05, 0) is 30.3 Å². The molecule has 3 aromatic rings. The van der Waals surface area contributed by atoms with Crippen LogP contribution < -0.4 is 10.6 Å². The first kappa shape index (κ1) is 22.1. The highest BCUT2D eigenvalue weighted by atomic mass is 35.5. The van der Waals surface area contributed by atoms with E-state index in [1.807, 2.05) is 0 Å².